The van der Waals surface area contributed by atoms with Crippen molar-refractivity contribution in [2.75, 3.05) is 12.3 Å². The van der Waals surface area contributed by atoms with Crippen molar-refractivity contribution in [3.8, 4) is 28.3 Å². The van der Waals surface area contributed by atoms with Gasteiger partial charge < -0.3 is 15.6 Å². The molecule has 0 spiro atoms. The number of anilines is 1. The summed E-state index contributed by atoms with van der Waals surface area (Å²) in [7, 11) is 0. The number of halogens is 3. The van der Waals surface area contributed by atoms with Gasteiger partial charge in [0.2, 0.25) is 11.8 Å². The van der Waals surface area contributed by atoms with Crippen LogP contribution in [0.2, 0.25) is 0 Å². The maximum Gasteiger partial charge on any atom is 0.280 e. The van der Waals surface area contributed by atoms with Crippen molar-refractivity contribution in [2.45, 2.75) is 26.4 Å². The fourth-order valence-corrected chi connectivity index (χ4v) is 3.59. The molecular weight excluding hydrogens is 467 g/mol. The number of nitrogen functional groups attached to an aromatic ring is 1. The van der Waals surface area contributed by atoms with E-state index in [1.807, 2.05) is 0 Å². The average molecular weight is 490 g/mol. The number of ether oxygens (including phenoxy) is 1. The average Bonchev–Trinajstić information content (AvgIpc) is 2.77. The Morgan fingerprint density at radius 2 is 1.88 bits per heavy atom. The number of hydrogen-bond acceptors (Lipinski definition) is 8. The van der Waals surface area contributed by atoms with Gasteiger partial charge in [0.15, 0.2) is 0 Å². The second-order valence-electron chi connectivity index (χ2n) is 7.24. The molecule has 0 fully saturated rings. The van der Waals surface area contributed by atoms with Crippen LogP contribution in [-0.2, 0) is 0 Å². The van der Waals surface area contributed by atoms with E-state index in [2.05, 4.69) is 15.0 Å². The SMILES string of the molecule is Cc1cc(-c2c(OCC(=N)S/C=C/C(C)O)nc(N)nc2-c2ccc(F)cc2)cc(C(F)F)n1. The molecule has 0 radical (unpaired) electrons. The molecule has 3 aromatic rings. The standard InChI is InChI=1S/C23H22F3N5O2S/c1-12-9-15(10-17(29-12)21(25)26)19-20(14-3-5-16(24)6-4-14)30-23(28)31-22(19)33-11-18(27)34-8-7-13(2)32/h3-10,13,21,27,32H,11H2,1-2H3,(H2,28,30,31)/b8-7+,27-18?. The topological polar surface area (TPSA) is 118 Å². The summed E-state index contributed by atoms with van der Waals surface area (Å²) >= 11 is 1.03. The zero-order valence-electron chi connectivity index (χ0n) is 18.3. The summed E-state index contributed by atoms with van der Waals surface area (Å²) in [6.07, 6.45) is -1.96. The highest BCUT2D eigenvalue weighted by Gasteiger charge is 2.21. The van der Waals surface area contributed by atoms with E-state index >= 15 is 0 Å². The number of aryl methyl sites for hydroxylation is 1. The van der Waals surface area contributed by atoms with E-state index in [-0.39, 0.29) is 34.7 Å². The van der Waals surface area contributed by atoms with Crippen LogP contribution in [0.3, 0.4) is 0 Å². The number of aromatic nitrogens is 3. The third-order valence-electron chi connectivity index (χ3n) is 4.40. The Labute approximate surface area is 198 Å². The molecule has 0 saturated heterocycles. The normalized spacial score (nSPS) is 12.3. The van der Waals surface area contributed by atoms with Gasteiger partial charge in [-0.05, 0) is 67.3 Å². The fraction of sp³-hybridized carbons (Fsp3) is 0.217. The molecule has 0 amide bonds. The lowest BCUT2D eigenvalue weighted by atomic mass is 9.99. The van der Waals surface area contributed by atoms with Crippen LogP contribution in [0.1, 0.15) is 24.7 Å². The largest absolute Gasteiger partial charge is 0.470 e. The number of nitrogens with two attached hydrogens (primary N) is 1. The molecule has 7 nitrogen and oxygen atoms in total. The van der Waals surface area contributed by atoms with Crippen molar-refractivity contribution >= 4 is 22.8 Å². The van der Waals surface area contributed by atoms with Crippen LogP contribution >= 0.6 is 11.8 Å². The first-order valence-corrected chi connectivity index (χ1v) is 10.9. The van der Waals surface area contributed by atoms with Gasteiger partial charge in [0.05, 0.1) is 17.4 Å². The Morgan fingerprint density at radius 1 is 1.18 bits per heavy atom. The van der Waals surface area contributed by atoms with E-state index < -0.39 is 24.0 Å². The number of aliphatic hydroxyl groups is 1. The molecular formula is C23H22F3N5O2S. The fourth-order valence-electron chi connectivity index (χ4n) is 2.99. The summed E-state index contributed by atoms with van der Waals surface area (Å²) in [6.45, 7) is 2.95. The summed E-state index contributed by atoms with van der Waals surface area (Å²) in [5.74, 6) is -0.632. The third-order valence-corrected chi connectivity index (χ3v) is 5.10. The predicted octanol–water partition coefficient (Wildman–Crippen LogP) is 5.16. The molecule has 1 aromatic carbocycles. The van der Waals surface area contributed by atoms with E-state index in [1.54, 1.807) is 25.3 Å². The Balaban J connectivity index is 2.10. The quantitative estimate of drug-likeness (QED) is 0.296. The second kappa shape index (κ2) is 11.1. The van der Waals surface area contributed by atoms with Gasteiger partial charge in [-0.3, -0.25) is 10.4 Å². The number of benzene rings is 1. The van der Waals surface area contributed by atoms with E-state index in [0.717, 1.165) is 11.8 Å². The smallest absolute Gasteiger partial charge is 0.280 e. The van der Waals surface area contributed by atoms with Gasteiger partial charge in [-0.1, -0.05) is 11.8 Å². The van der Waals surface area contributed by atoms with Gasteiger partial charge in [0, 0.05) is 11.3 Å². The molecule has 0 bridgehead atoms. The molecule has 0 aliphatic carbocycles. The zero-order valence-corrected chi connectivity index (χ0v) is 19.1. The van der Waals surface area contributed by atoms with Crippen molar-refractivity contribution in [3.05, 3.63) is 65.1 Å². The third kappa shape index (κ3) is 6.55. The highest BCUT2D eigenvalue weighted by molar-refractivity contribution is 8.16. The van der Waals surface area contributed by atoms with Gasteiger partial charge in [-0.2, -0.15) is 4.98 Å². The van der Waals surface area contributed by atoms with Crippen LogP contribution in [0, 0.1) is 18.2 Å². The molecule has 4 N–H and O–H groups in total. The van der Waals surface area contributed by atoms with Crippen LogP contribution in [-0.4, -0.2) is 37.8 Å². The first-order valence-electron chi connectivity index (χ1n) is 10.1. The number of nitrogens with one attached hydrogen (secondary N) is 1. The number of pyridine rings is 1. The van der Waals surface area contributed by atoms with E-state index in [0.29, 0.717) is 16.8 Å². The lowest BCUT2D eigenvalue weighted by molar-refractivity contribution is 0.146. The van der Waals surface area contributed by atoms with Crippen LogP contribution in [0.5, 0.6) is 5.88 Å². The number of alkyl halides is 2. The second-order valence-corrected chi connectivity index (χ2v) is 8.24. The Morgan fingerprint density at radius 3 is 2.53 bits per heavy atom. The van der Waals surface area contributed by atoms with E-state index in [1.165, 1.54) is 36.4 Å². The number of rotatable bonds is 8. The molecule has 178 valence electrons. The van der Waals surface area contributed by atoms with Crippen molar-refractivity contribution in [2.24, 2.45) is 0 Å². The minimum atomic E-state index is -2.81. The Hall–Kier alpha value is -3.44. The minimum absolute atomic E-state index is 0.0255. The summed E-state index contributed by atoms with van der Waals surface area (Å²) in [5, 5.41) is 19.0. The van der Waals surface area contributed by atoms with Gasteiger partial charge in [-0.15, -0.1) is 0 Å². The molecule has 11 heteroatoms. The Kier molecular flexibility index (Phi) is 8.24. The first-order chi connectivity index (χ1) is 16.1. The van der Waals surface area contributed by atoms with Gasteiger partial charge >= 0.3 is 0 Å². The van der Waals surface area contributed by atoms with Gasteiger partial charge in [0.25, 0.3) is 6.43 Å². The lowest BCUT2D eigenvalue weighted by Gasteiger charge is -2.16. The molecule has 1 unspecified atom stereocenters. The zero-order chi connectivity index (χ0) is 24.8. The molecule has 0 aliphatic rings. The molecule has 34 heavy (non-hydrogen) atoms. The predicted molar refractivity (Wildman–Crippen MR) is 126 cm³/mol. The highest BCUT2D eigenvalue weighted by atomic mass is 32.2. The number of nitrogens with zero attached hydrogens (tertiary/aromatic N) is 3. The number of thioether (sulfide) groups is 1. The van der Waals surface area contributed by atoms with Crippen molar-refractivity contribution < 1.29 is 23.0 Å². The molecule has 0 aliphatic heterocycles. The number of hydrogen-bond donors (Lipinski definition) is 3. The van der Waals surface area contributed by atoms with Gasteiger partial charge in [-0.25, -0.2) is 18.2 Å². The molecule has 2 heterocycles. The summed E-state index contributed by atoms with van der Waals surface area (Å²) in [4.78, 5) is 12.3. The highest BCUT2D eigenvalue weighted by Crippen LogP contribution is 2.39. The Bertz CT molecular complexity index is 1200. The van der Waals surface area contributed by atoms with Crippen LogP contribution in [0.25, 0.3) is 22.4 Å². The number of aliphatic hydroxyl groups excluding tert-OH is 1. The van der Waals surface area contributed by atoms with Crippen molar-refractivity contribution in [1.82, 2.24) is 15.0 Å². The van der Waals surface area contributed by atoms with Crippen molar-refractivity contribution in [3.63, 3.8) is 0 Å². The van der Waals surface area contributed by atoms with E-state index in [4.69, 9.17) is 15.9 Å². The summed E-state index contributed by atoms with van der Waals surface area (Å²) in [6, 6.07) is 8.21. The monoisotopic (exact) mass is 489 g/mol. The maximum atomic E-state index is 13.5. The minimum Gasteiger partial charge on any atom is -0.470 e. The lowest BCUT2D eigenvalue weighted by Crippen LogP contribution is -2.11. The van der Waals surface area contributed by atoms with Crippen LogP contribution in [0.15, 0.2) is 47.9 Å². The van der Waals surface area contributed by atoms with Crippen LogP contribution < -0.4 is 10.5 Å². The maximum absolute atomic E-state index is 13.5. The molecule has 0 saturated carbocycles. The summed E-state index contributed by atoms with van der Waals surface area (Å²) < 4.78 is 46.2. The van der Waals surface area contributed by atoms with Crippen molar-refractivity contribution in [1.29, 1.82) is 5.41 Å². The summed E-state index contributed by atoms with van der Waals surface area (Å²) in [5.41, 5.74) is 7.08. The molecule has 2 aromatic heterocycles. The molecule has 3 rings (SSSR count). The first kappa shape index (κ1) is 25.2. The van der Waals surface area contributed by atoms with E-state index in [9.17, 15) is 18.3 Å². The van der Waals surface area contributed by atoms with Gasteiger partial charge in [0.1, 0.15) is 23.2 Å². The van der Waals surface area contributed by atoms with Crippen LogP contribution in [0.4, 0.5) is 19.1 Å². The molecule has 1 atom stereocenters.